The molecule has 5 heteroatoms. The Hall–Kier alpha value is -2.01. The molecule has 0 unspecified atom stereocenters. The first-order valence-corrected chi connectivity index (χ1v) is 9.33. The van der Waals surface area contributed by atoms with Crippen molar-refractivity contribution < 1.29 is 4.39 Å². The standard InChI is InChI=1S/C21H29FN4/c1-20(2)13-17(14-21(3,4)26-20)24-19-11-12-23-18(25-19)10-7-15-5-8-16(22)9-6-15/h5-6,8-9,11-12,17,26H,7,10,13-14H2,1-4H3,(H,23,24,25). The molecule has 0 atom stereocenters. The molecule has 1 fully saturated rings. The molecule has 1 aromatic carbocycles. The largest absolute Gasteiger partial charge is 0.367 e. The predicted molar refractivity (Wildman–Crippen MR) is 104 cm³/mol. The third-order valence-electron chi connectivity index (χ3n) is 4.80. The molecule has 0 spiro atoms. The second kappa shape index (κ2) is 7.31. The number of nitrogens with one attached hydrogen (secondary N) is 2. The van der Waals surface area contributed by atoms with Gasteiger partial charge in [-0.1, -0.05) is 12.1 Å². The van der Waals surface area contributed by atoms with Crippen molar-refractivity contribution in [3.8, 4) is 0 Å². The Bertz CT molecular complexity index is 724. The van der Waals surface area contributed by atoms with Crippen molar-refractivity contribution >= 4 is 5.82 Å². The Balaban J connectivity index is 1.62. The van der Waals surface area contributed by atoms with Crippen LogP contribution in [0.5, 0.6) is 0 Å². The normalized spacial score (nSPS) is 19.3. The minimum absolute atomic E-state index is 0.0951. The molecule has 0 saturated carbocycles. The van der Waals surface area contributed by atoms with Crippen LogP contribution in [0.15, 0.2) is 36.5 Å². The van der Waals surface area contributed by atoms with Gasteiger partial charge in [0.25, 0.3) is 0 Å². The van der Waals surface area contributed by atoms with Crippen molar-refractivity contribution in [2.75, 3.05) is 5.32 Å². The summed E-state index contributed by atoms with van der Waals surface area (Å²) in [6.07, 6.45) is 5.45. The van der Waals surface area contributed by atoms with Gasteiger partial charge in [0.15, 0.2) is 0 Å². The highest BCUT2D eigenvalue weighted by Gasteiger charge is 2.37. The first kappa shape index (κ1) is 18.8. The molecule has 0 amide bonds. The minimum atomic E-state index is -0.205. The van der Waals surface area contributed by atoms with Crippen LogP contribution in [0.3, 0.4) is 0 Å². The van der Waals surface area contributed by atoms with Crippen LogP contribution in [0.4, 0.5) is 10.2 Å². The molecule has 26 heavy (non-hydrogen) atoms. The zero-order valence-corrected chi connectivity index (χ0v) is 16.1. The maximum atomic E-state index is 13.0. The van der Waals surface area contributed by atoms with Crippen molar-refractivity contribution in [1.82, 2.24) is 15.3 Å². The number of aromatic nitrogens is 2. The molecular weight excluding hydrogens is 327 g/mol. The highest BCUT2D eigenvalue weighted by atomic mass is 19.1. The second-order valence-corrected chi connectivity index (χ2v) is 8.63. The summed E-state index contributed by atoms with van der Waals surface area (Å²) in [7, 11) is 0. The number of halogens is 1. The number of anilines is 1. The van der Waals surface area contributed by atoms with Gasteiger partial charge in [-0.05, 0) is 70.7 Å². The molecule has 0 aliphatic carbocycles. The van der Waals surface area contributed by atoms with Gasteiger partial charge in [0, 0.05) is 29.7 Å². The van der Waals surface area contributed by atoms with Crippen LogP contribution in [0.2, 0.25) is 0 Å². The third kappa shape index (κ3) is 5.24. The van der Waals surface area contributed by atoms with E-state index in [-0.39, 0.29) is 16.9 Å². The third-order valence-corrected chi connectivity index (χ3v) is 4.80. The summed E-state index contributed by atoms with van der Waals surface area (Å²) in [5.74, 6) is 1.49. The monoisotopic (exact) mass is 356 g/mol. The van der Waals surface area contributed by atoms with Crippen LogP contribution in [0.1, 0.15) is 51.9 Å². The molecule has 0 radical (unpaired) electrons. The molecule has 2 heterocycles. The molecule has 4 nitrogen and oxygen atoms in total. The zero-order valence-electron chi connectivity index (χ0n) is 16.1. The Morgan fingerprint density at radius 2 is 1.69 bits per heavy atom. The lowest BCUT2D eigenvalue weighted by Gasteiger charge is -2.46. The van der Waals surface area contributed by atoms with Gasteiger partial charge in [0.1, 0.15) is 17.5 Å². The summed E-state index contributed by atoms with van der Waals surface area (Å²) in [5.41, 5.74) is 1.28. The van der Waals surface area contributed by atoms with Gasteiger partial charge < -0.3 is 10.6 Å². The number of nitrogens with zero attached hydrogens (tertiary/aromatic N) is 2. The lowest BCUT2D eigenvalue weighted by atomic mass is 9.79. The summed E-state index contributed by atoms with van der Waals surface area (Å²) in [6, 6.07) is 8.93. The van der Waals surface area contributed by atoms with Crippen LogP contribution < -0.4 is 10.6 Å². The Labute approximate surface area is 155 Å². The number of piperidine rings is 1. The van der Waals surface area contributed by atoms with Crippen molar-refractivity contribution in [2.45, 2.75) is 70.5 Å². The van der Waals surface area contributed by atoms with E-state index in [9.17, 15) is 4.39 Å². The molecule has 3 rings (SSSR count). The lowest BCUT2D eigenvalue weighted by Crippen LogP contribution is -2.60. The average molecular weight is 356 g/mol. The maximum Gasteiger partial charge on any atom is 0.130 e. The Kier molecular flexibility index (Phi) is 5.28. The summed E-state index contributed by atoms with van der Waals surface area (Å²) in [4.78, 5) is 9.06. The van der Waals surface area contributed by atoms with E-state index in [4.69, 9.17) is 0 Å². The molecule has 1 aliphatic rings. The smallest absolute Gasteiger partial charge is 0.130 e. The van der Waals surface area contributed by atoms with Crippen LogP contribution >= 0.6 is 0 Å². The van der Waals surface area contributed by atoms with Crippen molar-refractivity contribution in [1.29, 1.82) is 0 Å². The molecular formula is C21H29FN4. The van der Waals surface area contributed by atoms with Crippen LogP contribution in [0, 0.1) is 5.82 Å². The van der Waals surface area contributed by atoms with E-state index in [1.165, 1.54) is 12.1 Å². The number of aryl methyl sites for hydroxylation is 2. The van der Waals surface area contributed by atoms with Gasteiger partial charge in [-0.3, -0.25) is 0 Å². The summed E-state index contributed by atoms with van der Waals surface area (Å²) < 4.78 is 13.0. The average Bonchev–Trinajstić information content (AvgIpc) is 2.51. The van der Waals surface area contributed by atoms with E-state index in [0.717, 1.165) is 42.9 Å². The van der Waals surface area contributed by atoms with Crippen molar-refractivity contribution in [3.05, 3.63) is 53.7 Å². The fourth-order valence-electron chi connectivity index (χ4n) is 4.14. The van der Waals surface area contributed by atoms with Crippen LogP contribution in [-0.4, -0.2) is 27.1 Å². The predicted octanol–water partition coefficient (Wildman–Crippen LogP) is 4.12. The SMILES string of the molecule is CC1(C)CC(Nc2ccnc(CCc3ccc(F)cc3)n2)CC(C)(C)N1. The van der Waals surface area contributed by atoms with Gasteiger partial charge in [-0.2, -0.15) is 0 Å². The van der Waals surface area contributed by atoms with Crippen molar-refractivity contribution in [2.24, 2.45) is 0 Å². The molecule has 1 aliphatic heterocycles. The van der Waals surface area contributed by atoms with Gasteiger partial charge in [0.05, 0.1) is 0 Å². The molecule has 2 aromatic rings. The van der Waals surface area contributed by atoms with Crippen molar-refractivity contribution in [3.63, 3.8) is 0 Å². The second-order valence-electron chi connectivity index (χ2n) is 8.63. The Morgan fingerprint density at radius 1 is 1.04 bits per heavy atom. The first-order valence-electron chi connectivity index (χ1n) is 9.33. The summed E-state index contributed by atoms with van der Waals surface area (Å²) in [5, 5.41) is 7.30. The number of rotatable bonds is 5. The highest BCUT2D eigenvalue weighted by Crippen LogP contribution is 2.30. The van der Waals surface area contributed by atoms with Crippen LogP contribution in [0.25, 0.3) is 0 Å². The van der Waals surface area contributed by atoms with Gasteiger partial charge >= 0.3 is 0 Å². The first-order chi connectivity index (χ1) is 12.2. The summed E-state index contributed by atoms with van der Waals surface area (Å²) in [6.45, 7) is 8.99. The number of hydrogen-bond donors (Lipinski definition) is 2. The molecule has 140 valence electrons. The fourth-order valence-corrected chi connectivity index (χ4v) is 4.14. The van der Waals surface area contributed by atoms with Gasteiger partial charge in [-0.25, -0.2) is 14.4 Å². The van der Waals surface area contributed by atoms with Gasteiger partial charge in [-0.15, -0.1) is 0 Å². The molecule has 2 N–H and O–H groups in total. The maximum absolute atomic E-state index is 13.0. The number of hydrogen-bond acceptors (Lipinski definition) is 4. The summed E-state index contributed by atoms with van der Waals surface area (Å²) >= 11 is 0. The zero-order chi connectivity index (χ0) is 18.8. The quantitative estimate of drug-likeness (QED) is 0.846. The highest BCUT2D eigenvalue weighted by molar-refractivity contribution is 5.35. The molecule has 1 aromatic heterocycles. The number of benzene rings is 1. The van der Waals surface area contributed by atoms with E-state index in [0.29, 0.717) is 6.04 Å². The lowest BCUT2D eigenvalue weighted by molar-refractivity contribution is 0.170. The van der Waals surface area contributed by atoms with Crippen LogP contribution in [-0.2, 0) is 12.8 Å². The minimum Gasteiger partial charge on any atom is -0.367 e. The van der Waals surface area contributed by atoms with Gasteiger partial charge in [0.2, 0.25) is 0 Å². The topological polar surface area (TPSA) is 49.8 Å². The van der Waals surface area contributed by atoms with E-state index in [1.807, 2.05) is 24.4 Å². The fraction of sp³-hybridized carbons (Fsp3) is 0.524. The van der Waals surface area contributed by atoms with E-state index in [2.05, 4.69) is 48.3 Å². The van der Waals surface area contributed by atoms with E-state index < -0.39 is 0 Å². The molecule has 0 bridgehead atoms. The van der Waals surface area contributed by atoms with E-state index in [1.54, 1.807) is 0 Å². The Morgan fingerprint density at radius 3 is 2.35 bits per heavy atom. The van der Waals surface area contributed by atoms with E-state index >= 15 is 0 Å². The molecule has 1 saturated heterocycles.